The van der Waals surface area contributed by atoms with Crippen molar-refractivity contribution >= 4 is 8.80 Å². The lowest BCUT2D eigenvalue weighted by Crippen LogP contribution is -2.45. The van der Waals surface area contributed by atoms with Gasteiger partial charge in [0.2, 0.25) is 0 Å². The molecule has 1 atom stereocenters. The highest BCUT2D eigenvalue weighted by Crippen LogP contribution is 2.69. The highest BCUT2D eigenvalue weighted by molar-refractivity contribution is 6.63. The Bertz CT molecular complexity index is 214. The Morgan fingerprint density at radius 1 is 0.933 bits per heavy atom. The number of hydrogen-bond donors (Lipinski definition) is 0. The first kappa shape index (κ1) is 11.6. The summed E-state index contributed by atoms with van der Waals surface area (Å²) in [6.07, 6.45) is 8.10. The zero-order chi connectivity index (χ0) is 10.9. The highest BCUT2D eigenvalue weighted by atomic mass is 28.4. The van der Waals surface area contributed by atoms with E-state index in [0.717, 1.165) is 0 Å². The van der Waals surface area contributed by atoms with Gasteiger partial charge >= 0.3 is 8.80 Å². The van der Waals surface area contributed by atoms with Crippen molar-refractivity contribution in [3.63, 3.8) is 0 Å². The first-order valence-electron chi connectivity index (χ1n) is 5.88. The van der Waals surface area contributed by atoms with E-state index in [0.29, 0.717) is 11.0 Å². The predicted octanol–water partition coefficient (Wildman–Crippen LogP) is 2.59. The molecule has 0 radical (unpaired) electrons. The van der Waals surface area contributed by atoms with Crippen molar-refractivity contribution in [1.82, 2.24) is 0 Å². The second-order valence-corrected chi connectivity index (χ2v) is 8.02. The minimum Gasteiger partial charge on any atom is -0.377 e. The molecular weight excluding hydrogens is 208 g/mol. The van der Waals surface area contributed by atoms with E-state index < -0.39 is 8.80 Å². The van der Waals surface area contributed by atoms with Gasteiger partial charge in [0.1, 0.15) is 0 Å². The van der Waals surface area contributed by atoms with Gasteiger partial charge in [-0.3, -0.25) is 0 Å². The van der Waals surface area contributed by atoms with Gasteiger partial charge in [-0.2, -0.15) is 0 Å². The van der Waals surface area contributed by atoms with Crippen LogP contribution in [-0.4, -0.2) is 30.1 Å². The summed E-state index contributed by atoms with van der Waals surface area (Å²) < 4.78 is 16.7. The van der Waals surface area contributed by atoms with Crippen LogP contribution in [-0.2, 0) is 13.3 Å². The molecule has 2 saturated carbocycles. The highest BCUT2D eigenvalue weighted by Gasteiger charge is 2.68. The molecule has 2 aliphatic rings. The van der Waals surface area contributed by atoms with Crippen molar-refractivity contribution in [2.75, 3.05) is 21.3 Å². The average Bonchev–Trinajstić information content (AvgIpc) is 2.97. The molecule has 15 heavy (non-hydrogen) atoms. The molecule has 0 amide bonds. The number of hydrogen-bond acceptors (Lipinski definition) is 3. The Hall–Kier alpha value is 0.0969. The van der Waals surface area contributed by atoms with Gasteiger partial charge in [-0.1, -0.05) is 19.3 Å². The van der Waals surface area contributed by atoms with E-state index in [1.54, 1.807) is 21.3 Å². The maximum absolute atomic E-state index is 5.58. The first-order valence-corrected chi connectivity index (χ1v) is 7.69. The molecule has 0 aromatic carbocycles. The quantitative estimate of drug-likeness (QED) is 0.695. The molecule has 2 fully saturated rings. The lowest BCUT2D eigenvalue weighted by molar-refractivity contribution is 0.114. The van der Waals surface area contributed by atoms with Crippen molar-refractivity contribution in [2.45, 2.75) is 44.1 Å². The topological polar surface area (TPSA) is 27.7 Å². The molecule has 0 N–H and O–H groups in total. The second kappa shape index (κ2) is 4.16. The summed E-state index contributed by atoms with van der Waals surface area (Å²) in [5.74, 6) is 0. The summed E-state index contributed by atoms with van der Waals surface area (Å²) >= 11 is 0. The van der Waals surface area contributed by atoms with Crippen LogP contribution < -0.4 is 0 Å². The van der Waals surface area contributed by atoms with Crippen LogP contribution in [0.4, 0.5) is 0 Å². The summed E-state index contributed by atoms with van der Waals surface area (Å²) in [6, 6.07) is 0. The van der Waals surface area contributed by atoms with Crippen LogP contribution in [0.15, 0.2) is 0 Å². The first-order chi connectivity index (χ1) is 7.23. The minimum absolute atomic E-state index is 0.520. The van der Waals surface area contributed by atoms with Gasteiger partial charge in [-0.05, 0) is 24.7 Å². The third-order valence-electron chi connectivity index (χ3n) is 4.32. The molecule has 0 aromatic rings. The van der Waals surface area contributed by atoms with Gasteiger partial charge in [-0.15, -0.1) is 0 Å². The van der Waals surface area contributed by atoms with Gasteiger partial charge in [-0.25, -0.2) is 0 Å². The van der Waals surface area contributed by atoms with Crippen LogP contribution in [0.25, 0.3) is 0 Å². The Kier molecular flexibility index (Phi) is 3.21. The van der Waals surface area contributed by atoms with E-state index >= 15 is 0 Å². The average molecular weight is 230 g/mol. The second-order valence-electron chi connectivity index (χ2n) is 4.90. The minimum atomic E-state index is -2.34. The fraction of sp³-hybridized carbons (Fsp3) is 1.00. The van der Waals surface area contributed by atoms with Crippen molar-refractivity contribution in [3.05, 3.63) is 0 Å². The van der Waals surface area contributed by atoms with Gasteiger partial charge in [0.15, 0.2) is 0 Å². The zero-order valence-corrected chi connectivity index (χ0v) is 11.0. The van der Waals surface area contributed by atoms with Crippen LogP contribution in [0.1, 0.15) is 38.5 Å². The van der Waals surface area contributed by atoms with Crippen LogP contribution in [0.5, 0.6) is 0 Å². The molecule has 1 spiro atoms. The van der Waals surface area contributed by atoms with Gasteiger partial charge in [0.25, 0.3) is 0 Å². The maximum Gasteiger partial charge on any atom is 0.504 e. The summed E-state index contributed by atoms with van der Waals surface area (Å²) in [5.41, 5.74) is 1.08. The molecule has 3 nitrogen and oxygen atoms in total. The smallest absolute Gasteiger partial charge is 0.377 e. The van der Waals surface area contributed by atoms with E-state index in [4.69, 9.17) is 13.3 Å². The van der Waals surface area contributed by atoms with E-state index in [-0.39, 0.29) is 0 Å². The van der Waals surface area contributed by atoms with Gasteiger partial charge in [0.05, 0.1) is 0 Å². The van der Waals surface area contributed by atoms with Crippen molar-refractivity contribution in [3.8, 4) is 0 Å². The Balaban J connectivity index is 2.06. The molecule has 4 heteroatoms. The molecule has 2 rings (SSSR count). The van der Waals surface area contributed by atoms with E-state index in [2.05, 4.69) is 0 Å². The van der Waals surface area contributed by atoms with Crippen LogP contribution >= 0.6 is 0 Å². The monoisotopic (exact) mass is 230 g/mol. The molecule has 0 bridgehead atoms. The lowest BCUT2D eigenvalue weighted by atomic mass is 9.86. The van der Waals surface area contributed by atoms with Crippen molar-refractivity contribution in [2.24, 2.45) is 5.41 Å². The van der Waals surface area contributed by atoms with Crippen LogP contribution in [0, 0.1) is 5.41 Å². The fourth-order valence-electron chi connectivity index (χ4n) is 3.33. The number of rotatable bonds is 4. The van der Waals surface area contributed by atoms with E-state index in [9.17, 15) is 0 Å². The summed E-state index contributed by atoms with van der Waals surface area (Å²) in [4.78, 5) is 0. The molecule has 2 aliphatic carbocycles. The normalized spacial score (nSPS) is 29.4. The third-order valence-corrected chi connectivity index (χ3v) is 7.70. The molecule has 0 aromatic heterocycles. The standard InChI is InChI=1S/C11H22O3Si/c1-12-15(13-2,14-3)10-9-11(10)7-5-4-6-8-11/h10H,4-9H2,1-3H3. The molecule has 88 valence electrons. The fourth-order valence-corrected chi connectivity index (χ4v) is 6.38. The Morgan fingerprint density at radius 3 is 1.93 bits per heavy atom. The zero-order valence-electron chi connectivity index (χ0n) is 10.0. The van der Waals surface area contributed by atoms with Crippen LogP contribution in [0.3, 0.4) is 0 Å². The molecule has 1 unspecified atom stereocenters. The SMILES string of the molecule is CO[Si](OC)(OC)C1CC12CCCCC2. The van der Waals surface area contributed by atoms with E-state index in [1.165, 1.54) is 38.5 Å². The van der Waals surface area contributed by atoms with Crippen LogP contribution in [0.2, 0.25) is 5.54 Å². The van der Waals surface area contributed by atoms with Crippen molar-refractivity contribution < 1.29 is 13.3 Å². The molecular formula is C11H22O3Si. The molecule has 0 aliphatic heterocycles. The van der Waals surface area contributed by atoms with E-state index in [1.807, 2.05) is 0 Å². The summed E-state index contributed by atoms with van der Waals surface area (Å²) in [6.45, 7) is 0. The maximum atomic E-state index is 5.58. The van der Waals surface area contributed by atoms with Gasteiger partial charge < -0.3 is 13.3 Å². The van der Waals surface area contributed by atoms with Crippen molar-refractivity contribution in [1.29, 1.82) is 0 Å². The molecule has 0 saturated heterocycles. The largest absolute Gasteiger partial charge is 0.504 e. The third kappa shape index (κ3) is 1.77. The predicted molar refractivity (Wildman–Crippen MR) is 60.7 cm³/mol. The Morgan fingerprint density at radius 2 is 1.47 bits per heavy atom. The Labute approximate surface area is 93.5 Å². The molecule has 0 heterocycles. The van der Waals surface area contributed by atoms with Gasteiger partial charge in [0, 0.05) is 26.9 Å². The lowest BCUT2D eigenvalue weighted by Gasteiger charge is -2.29. The summed E-state index contributed by atoms with van der Waals surface area (Å²) in [7, 11) is 2.85. The summed E-state index contributed by atoms with van der Waals surface area (Å²) in [5, 5.41) is 0.